The van der Waals surface area contributed by atoms with Crippen molar-refractivity contribution in [1.29, 1.82) is 0 Å². The van der Waals surface area contributed by atoms with Crippen LogP contribution in [0.2, 0.25) is 0 Å². The lowest BCUT2D eigenvalue weighted by molar-refractivity contribution is -0.148. The average Bonchev–Trinajstić information content (AvgIpc) is 2.91. The molecule has 0 spiro atoms. The smallest absolute Gasteiger partial charge is 0.329 e. The summed E-state index contributed by atoms with van der Waals surface area (Å²) in [6.45, 7) is 5.74. The van der Waals surface area contributed by atoms with Gasteiger partial charge < -0.3 is 10.4 Å². The minimum Gasteiger partial charge on any atom is -0.479 e. The Balaban J connectivity index is 2.20. The molecule has 1 aliphatic carbocycles. The summed E-state index contributed by atoms with van der Waals surface area (Å²) in [6.07, 6.45) is 3.01. The molecule has 2 atom stereocenters. The van der Waals surface area contributed by atoms with E-state index in [9.17, 15) is 14.7 Å². The first-order chi connectivity index (χ1) is 9.86. The number of nitrogens with zero attached hydrogens (tertiary/aromatic N) is 2. The van der Waals surface area contributed by atoms with E-state index < -0.39 is 17.4 Å². The van der Waals surface area contributed by atoms with Crippen LogP contribution in [0.3, 0.4) is 0 Å². The van der Waals surface area contributed by atoms with Crippen molar-refractivity contribution < 1.29 is 14.7 Å². The number of aromatic amines is 1. The van der Waals surface area contributed by atoms with Gasteiger partial charge in [-0.3, -0.25) is 9.89 Å². The van der Waals surface area contributed by atoms with Crippen LogP contribution in [-0.4, -0.2) is 37.7 Å². The van der Waals surface area contributed by atoms with E-state index in [0.717, 1.165) is 19.3 Å². The van der Waals surface area contributed by atoms with E-state index in [-0.39, 0.29) is 17.7 Å². The molecule has 0 bridgehead atoms. The topological polar surface area (TPSA) is 108 Å². The number of amides is 1. The van der Waals surface area contributed by atoms with Gasteiger partial charge in [-0.1, -0.05) is 33.6 Å². The average molecular weight is 294 g/mol. The summed E-state index contributed by atoms with van der Waals surface area (Å²) in [6, 6.07) is 0. The molecule has 2 rings (SSSR count). The summed E-state index contributed by atoms with van der Waals surface area (Å²) in [5, 5.41) is 18.8. The number of hydrogen-bond acceptors (Lipinski definition) is 4. The van der Waals surface area contributed by atoms with Gasteiger partial charge in [0.25, 0.3) is 5.91 Å². The van der Waals surface area contributed by atoms with Crippen molar-refractivity contribution in [3.63, 3.8) is 0 Å². The highest BCUT2D eigenvalue weighted by Crippen LogP contribution is 2.34. The molecule has 2 unspecified atom stereocenters. The van der Waals surface area contributed by atoms with Crippen LogP contribution in [0, 0.1) is 5.92 Å². The number of aromatic nitrogens is 3. The van der Waals surface area contributed by atoms with Crippen molar-refractivity contribution in [2.75, 3.05) is 0 Å². The first kappa shape index (κ1) is 15.5. The van der Waals surface area contributed by atoms with Crippen molar-refractivity contribution in [2.24, 2.45) is 5.92 Å². The van der Waals surface area contributed by atoms with Gasteiger partial charge in [0.05, 0.1) is 0 Å². The third kappa shape index (κ3) is 2.91. The van der Waals surface area contributed by atoms with Crippen LogP contribution in [0.25, 0.3) is 0 Å². The van der Waals surface area contributed by atoms with Gasteiger partial charge in [-0.15, -0.1) is 5.10 Å². The molecular weight excluding hydrogens is 272 g/mol. The lowest BCUT2D eigenvalue weighted by Gasteiger charge is -2.39. The molecule has 1 saturated carbocycles. The van der Waals surface area contributed by atoms with Crippen LogP contribution in [0.1, 0.15) is 68.8 Å². The molecule has 1 aromatic rings. The molecular formula is C14H22N4O3. The Morgan fingerprint density at radius 2 is 2.14 bits per heavy atom. The Hall–Kier alpha value is -1.92. The fourth-order valence-corrected chi connectivity index (χ4v) is 2.80. The highest BCUT2D eigenvalue weighted by Gasteiger charge is 2.46. The third-order valence-corrected chi connectivity index (χ3v) is 4.27. The van der Waals surface area contributed by atoms with Crippen molar-refractivity contribution in [3.8, 4) is 0 Å². The van der Waals surface area contributed by atoms with Crippen LogP contribution in [0.4, 0.5) is 0 Å². The van der Waals surface area contributed by atoms with Crippen LogP contribution >= 0.6 is 0 Å². The van der Waals surface area contributed by atoms with E-state index in [0.29, 0.717) is 12.2 Å². The zero-order chi connectivity index (χ0) is 15.6. The van der Waals surface area contributed by atoms with Gasteiger partial charge in [-0.25, -0.2) is 9.78 Å². The van der Waals surface area contributed by atoms with Gasteiger partial charge in [0.2, 0.25) is 5.82 Å². The second kappa shape index (κ2) is 5.83. The minimum absolute atomic E-state index is 0.00269. The third-order valence-electron chi connectivity index (χ3n) is 4.27. The van der Waals surface area contributed by atoms with Gasteiger partial charge in [-0.2, -0.15) is 0 Å². The molecule has 0 saturated heterocycles. The van der Waals surface area contributed by atoms with Crippen molar-refractivity contribution in [1.82, 2.24) is 20.5 Å². The Morgan fingerprint density at radius 1 is 1.43 bits per heavy atom. The second-order valence-electron chi connectivity index (χ2n) is 6.08. The van der Waals surface area contributed by atoms with Crippen molar-refractivity contribution in [2.45, 2.75) is 57.9 Å². The fraction of sp³-hybridized carbons (Fsp3) is 0.714. The van der Waals surface area contributed by atoms with E-state index in [1.54, 1.807) is 0 Å². The minimum atomic E-state index is -1.21. The normalized spacial score (nSPS) is 25.8. The van der Waals surface area contributed by atoms with E-state index in [1.807, 2.05) is 20.8 Å². The summed E-state index contributed by atoms with van der Waals surface area (Å²) < 4.78 is 0. The molecule has 21 heavy (non-hydrogen) atoms. The van der Waals surface area contributed by atoms with Crippen LogP contribution in [0.5, 0.6) is 0 Å². The van der Waals surface area contributed by atoms with Crippen LogP contribution in [0.15, 0.2) is 0 Å². The second-order valence-corrected chi connectivity index (χ2v) is 6.08. The molecule has 7 nitrogen and oxygen atoms in total. The maximum Gasteiger partial charge on any atom is 0.329 e. The molecule has 116 valence electrons. The number of carbonyl (C=O) groups excluding carboxylic acids is 1. The van der Waals surface area contributed by atoms with E-state index in [1.165, 1.54) is 0 Å². The monoisotopic (exact) mass is 294 g/mol. The summed E-state index contributed by atoms with van der Waals surface area (Å²) in [7, 11) is 0. The molecule has 7 heteroatoms. The van der Waals surface area contributed by atoms with Crippen LogP contribution in [-0.2, 0) is 4.79 Å². The molecule has 1 aliphatic rings. The SMILES string of the molecule is CC(C)c1nc(C(=O)NC2(C(=O)O)CCCCC2C)n[nH]1. The zero-order valence-electron chi connectivity index (χ0n) is 12.6. The maximum atomic E-state index is 12.3. The molecule has 1 fully saturated rings. The number of hydrogen-bond donors (Lipinski definition) is 3. The quantitative estimate of drug-likeness (QED) is 0.783. The standard InChI is InChI=1S/C14H22N4O3/c1-8(2)10-15-11(18-17-10)12(19)16-14(13(20)21)7-5-4-6-9(14)3/h8-9H,4-7H2,1-3H3,(H,16,19)(H,20,21)(H,15,17,18). The molecule has 0 radical (unpaired) electrons. The zero-order valence-corrected chi connectivity index (χ0v) is 12.6. The first-order valence-corrected chi connectivity index (χ1v) is 7.35. The molecule has 1 aromatic heterocycles. The summed E-state index contributed by atoms with van der Waals surface area (Å²) in [5.41, 5.74) is -1.21. The first-order valence-electron chi connectivity index (χ1n) is 7.35. The van der Waals surface area contributed by atoms with E-state index >= 15 is 0 Å². The molecule has 1 amide bonds. The highest BCUT2D eigenvalue weighted by molar-refractivity contribution is 5.95. The maximum absolute atomic E-state index is 12.3. The molecule has 0 aliphatic heterocycles. The molecule has 3 N–H and O–H groups in total. The number of aliphatic carboxylic acids is 1. The number of nitrogens with one attached hydrogen (secondary N) is 2. The van der Waals surface area contributed by atoms with Gasteiger partial charge in [0, 0.05) is 5.92 Å². The lowest BCUT2D eigenvalue weighted by atomic mass is 9.73. The number of rotatable bonds is 4. The highest BCUT2D eigenvalue weighted by atomic mass is 16.4. The summed E-state index contributed by atoms with van der Waals surface area (Å²) in [4.78, 5) is 28.1. The fourth-order valence-electron chi connectivity index (χ4n) is 2.80. The molecule has 1 heterocycles. The Morgan fingerprint density at radius 3 is 2.67 bits per heavy atom. The van der Waals surface area contributed by atoms with Gasteiger partial charge in [0.1, 0.15) is 11.4 Å². The number of carboxylic acids is 1. The Kier molecular flexibility index (Phi) is 4.29. The number of H-pyrrole nitrogens is 1. The predicted octanol–water partition coefficient (Wildman–Crippen LogP) is 1.69. The predicted molar refractivity (Wildman–Crippen MR) is 75.9 cm³/mol. The van der Waals surface area contributed by atoms with Gasteiger partial charge in [0.15, 0.2) is 0 Å². The lowest BCUT2D eigenvalue weighted by Crippen LogP contribution is -2.60. The van der Waals surface area contributed by atoms with Gasteiger partial charge in [-0.05, 0) is 18.8 Å². The van der Waals surface area contributed by atoms with Crippen molar-refractivity contribution >= 4 is 11.9 Å². The van der Waals surface area contributed by atoms with E-state index in [4.69, 9.17) is 0 Å². The van der Waals surface area contributed by atoms with E-state index in [2.05, 4.69) is 20.5 Å². The number of carbonyl (C=O) groups is 2. The summed E-state index contributed by atoms with van der Waals surface area (Å²) >= 11 is 0. The Labute approximate surface area is 123 Å². The summed E-state index contributed by atoms with van der Waals surface area (Å²) in [5.74, 6) is -0.896. The van der Waals surface area contributed by atoms with Crippen LogP contribution < -0.4 is 5.32 Å². The Bertz CT molecular complexity index is 540. The molecule has 0 aromatic carbocycles. The van der Waals surface area contributed by atoms with Crippen molar-refractivity contribution in [3.05, 3.63) is 11.6 Å². The van der Waals surface area contributed by atoms with Gasteiger partial charge >= 0.3 is 5.97 Å². The number of carboxylic acid groups (broad SMARTS) is 1. The largest absolute Gasteiger partial charge is 0.479 e.